The Morgan fingerprint density at radius 3 is 3.00 bits per heavy atom. The van der Waals surface area contributed by atoms with Gasteiger partial charge in [-0.15, -0.1) is 0 Å². The molecule has 1 saturated heterocycles. The van der Waals surface area contributed by atoms with E-state index in [4.69, 9.17) is 0 Å². The van der Waals surface area contributed by atoms with Crippen molar-refractivity contribution < 1.29 is 0 Å². The molecule has 0 aliphatic carbocycles. The predicted octanol–water partition coefficient (Wildman–Crippen LogP) is 1.41. The summed E-state index contributed by atoms with van der Waals surface area (Å²) in [5.74, 6) is 0. The van der Waals surface area contributed by atoms with Crippen molar-refractivity contribution in [2.24, 2.45) is 0 Å². The van der Waals surface area contributed by atoms with Crippen LogP contribution in [0.4, 0.5) is 0 Å². The van der Waals surface area contributed by atoms with E-state index in [1.165, 1.54) is 25.7 Å². The SMILES string of the molecule is SC1CCCCCN1. The lowest BCUT2D eigenvalue weighted by atomic mass is 10.2. The third-order valence-electron chi connectivity index (χ3n) is 1.53. The zero-order valence-corrected chi connectivity index (χ0v) is 5.95. The third-order valence-corrected chi connectivity index (χ3v) is 1.98. The van der Waals surface area contributed by atoms with Crippen LogP contribution in [0.3, 0.4) is 0 Å². The van der Waals surface area contributed by atoms with Crippen LogP contribution < -0.4 is 5.32 Å². The molecule has 2 heteroatoms. The van der Waals surface area contributed by atoms with Gasteiger partial charge in [-0.05, 0) is 19.4 Å². The first-order chi connectivity index (χ1) is 3.89. The fraction of sp³-hybridized carbons (Fsp3) is 1.00. The molecule has 1 aliphatic rings. The van der Waals surface area contributed by atoms with Gasteiger partial charge in [-0.1, -0.05) is 12.8 Å². The van der Waals surface area contributed by atoms with Gasteiger partial charge in [-0.3, -0.25) is 0 Å². The Labute approximate surface area is 56.3 Å². The van der Waals surface area contributed by atoms with Crippen molar-refractivity contribution in [2.45, 2.75) is 31.1 Å². The third kappa shape index (κ3) is 2.05. The zero-order valence-electron chi connectivity index (χ0n) is 5.06. The van der Waals surface area contributed by atoms with E-state index < -0.39 is 0 Å². The molecule has 0 bridgehead atoms. The molecular weight excluding hydrogens is 118 g/mol. The second-order valence-electron chi connectivity index (χ2n) is 2.32. The van der Waals surface area contributed by atoms with Crippen molar-refractivity contribution in [3.63, 3.8) is 0 Å². The molecule has 1 heterocycles. The maximum absolute atomic E-state index is 4.32. The van der Waals surface area contributed by atoms with Crippen molar-refractivity contribution in [3.05, 3.63) is 0 Å². The first-order valence-electron chi connectivity index (χ1n) is 3.31. The molecule has 1 unspecified atom stereocenters. The van der Waals surface area contributed by atoms with E-state index in [-0.39, 0.29) is 0 Å². The van der Waals surface area contributed by atoms with Crippen molar-refractivity contribution in [1.29, 1.82) is 0 Å². The Morgan fingerprint density at radius 1 is 1.25 bits per heavy atom. The van der Waals surface area contributed by atoms with Crippen LogP contribution >= 0.6 is 12.6 Å². The van der Waals surface area contributed by atoms with Gasteiger partial charge in [0, 0.05) is 0 Å². The van der Waals surface area contributed by atoms with Crippen LogP contribution in [-0.2, 0) is 0 Å². The number of nitrogens with one attached hydrogen (secondary N) is 1. The standard InChI is InChI=1S/C6H13NS/c8-6-4-2-1-3-5-7-6/h6-8H,1-5H2. The predicted molar refractivity (Wildman–Crippen MR) is 39.2 cm³/mol. The summed E-state index contributed by atoms with van der Waals surface area (Å²) in [7, 11) is 0. The van der Waals surface area contributed by atoms with Crippen LogP contribution in [0.25, 0.3) is 0 Å². The molecule has 0 saturated carbocycles. The van der Waals surface area contributed by atoms with Gasteiger partial charge in [0.2, 0.25) is 0 Å². The first kappa shape index (κ1) is 6.43. The molecule has 0 radical (unpaired) electrons. The number of hydrogen-bond donors (Lipinski definition) is 2. The summed E-state index contributed by atoms with van der Waals surface area (Å²) < 4.78 is 0. The van der Waals surface area contributed by atoms with E-state index in [1.807, 2.05) is 0 Å². The molecule has 1 nitrogen and oxygen atoms in total. The molecule has 1 atom stereocenters. The van der Waals surface area contributed by atoms with Gasteiger partial charge < -0.3 is 5.32 Å². The van der Waals surface area contributed by atoms with Gasteiger partial charge in [0.15, 0.2) is 0 Å². The van der Waals surface area contributed by atoms with Crippen LogP contribution in [0, 0.1) is 0 Å². The van der Waals surface area contributed by atoms with Crippen molar-refractivity contribution in [2.75, 3.05) is 6.54 Å². The van der Waals surface area contributed by atoms with Crippen LogP contribution in [0.5, 0.6) is 0 Å². The maximum atomic E-state index is 4.32. The van der Waals surface area contributed by atoms with Gasteiger partial charge in [0.1, 0.15) is 0 Å². The van der Waals surface area contributed by atoms with Gasteiger partial charge >= 0.3 is 0 Å². The van der Waals surface area contributed by atoms with Crippen molar-refractivity contribution >= 4 is 12.6 Å². The fourth-order valence-corrected chi connectivity index (χ4v) is 1.32. The van der Waals surface area contributed by atoms with Gasteiger partial charge in [0.25, 0.3) is 0 Å². The number of rotatable bonds is 0. The molecule has 1 aliphatic heterocycles. The summed E-state index contributed by atoms with van der Waals surface area (Å²) in [5.41, 5.74) is 0. The van der Waals surface area contributed by atoms with Crippen LogP contribution in [0.1, 0.15) is 25.7 Å². The normalized spacial score (nSPS) is 31.9. The van der Waals surface area contributed by atoms with E-state index in [0.717, 1.165) is 6.54 Å². The zero-order chi connectivity index (χ0) is 5.82. The van der Waals surface area contributed by atoms with Gasteiger partial charge in [0.05, 0.1) is 5.37 Å². The van der Waals surface area contributed by atoms with Crippen molar-refractivity contribution in [1.82, 2.24) is 5.32 Å². The maximum Gasteiger partial charge on any atom is 0.0502 e. The lowest BCUT2D eigenvalue weighted by Crippen LogP contribution is -2.22. The Kier molecular flexibility index (Phi) is 2.70. The van der Waals surface area contributed by atoms with Gasteiger partial charge in [-0.2, -0.15) is 12.6 Å². The second-order valence-corrected chi connectivity index (χ2v) is 2.94. The number of thiol groups is 1. The molecule has 1 fully saturated rings. The summed E-state index contributed by atoms with van der Waals surface area (Å²) >= 11 is 4.32. The molecule has 0 aromatic heterocycles. The van der Waals surface area contributed by atoms with Gasteiger partial charge in [-0.25, -0.2) is 0 Å². The van der Waals surface area contributed by atoms with E-state index in [0.29, 0.717) is 5.37 Å². The van der Waals surface area contributed by atoms with Crippen molar-refractivity contribution in [3.8, 4) is 0 Å². The highest BCUT2D eigenvalue weighted by Gasteiger charge is 2.04. The second kappa shape index (κ2) is 3.36. The lowest BCUT2D eigenvalue weighted by molar-refractivity contribution is 0.662. The minimum absolute atomic E-state index is 0.470. The van der Waals surface area contributed by atoms with Crippen LogP contribution in [0.15, 0.2) is 0 Å². The van der Waals surface area contributed by atoms with E-state index in [2.05, 4.69) is 17.9 Å². The first-order valence-corrected chi connectivity index (χ1v) is 3.83. The molecule has 48 valence electrons. The smallest absolute Gasteiger partial charge is 0.0502 e. The highest BCUT2D eigenvalue weighted by Crippen LogP contribution is 2.09. The Hall–Kier alpha value is 0.310. The quantitative estimate of drug-likeness (QED) is 0.474. The number of hydrogen-bond acceptors (Lipinski definition) is 2. The molecule has 1 N–H and O–H groups in total. The largest absolute Gasteiger partial charge is 0.306 e. The molecule has 8 heavy (non-hydrogen) atoms. The Balaban J connectivity index is 2.17. The summed E-state index contributed by atoms with van der Waals surface area (Å²) in [6.07, 6.45) is 5.30. The molecule has 0 spiro atoms. The molecule has 0 amide bonds. The average molecular weight is 131 g/mol. The summed E-state index contributed by atoms with van der Waals surface area (Å²) in [5, 5.41) is 3.78. The summed E-state index contributed by atoms with van der Waals surface area (Å²) in [6, 6.07) is 0. The lowest BCUT2D eigenvalue weighted by Gasteiger charge is -2.05. The average Bonchev–Trinajstić information content (AvgIpc) is 1.94. The van der Waals surface area contributed by atoms with E-state index in [9.17, 15) is 0 Å². The Bertz CT molecular complexity index is 57.5. The topological polar surface area (TPSA) is 12.0 Å². The Morgan fingerprint density at radius 2 is 2.12 bits per heavy atom. The minimum atomic E-state index is 0.470. The molecule has 0 aromatic carbocycles. The highest BCUT2D eigenvalue weighted by molar-refractivity contribution is 7.80. The van der Waals surface area contributed by atoms with E-state index >= 15 is 0 Å². The highest BCUT2D eigenvalue weighted by atomic mass is 32.1. The minimum Gasteiger partial charge on any atom is -0.306 e. The molecule has 0 aromatic rings. The van der Waals surface area contributed by atoms with Crippen LogP contribution in [0.2, 0.25) is 0 Å². The molecule has 1 rings (SSSR count). The fourth-order valence-electron chi connectivity index (χ4n) is 1.01. The van der Waals surface area contributed by atoms with E-state index in [1.54, 1.807) is 0 Å². The molecular formula is C6H13NS. The van der Waals surface area contributed by atoms with Crippen LogP contribution in [-0.4, -0.2) is 11.9 Å². The monoisotopic (exact) mass is 131 g/mol. The summed E-state index contributed by atoms with van der Waals surface area (Å²) in [4.78, 5) is 0. The summed E-state index contributed by atoms with van der Waals surface area (Å²) in [6.45, 7) is 1.16.